The third kappa shape index (κ3) is 2.38. The number of aromatic amines is 2. The van der Waals surface area contributed by atoms with Crippen LogP contribution in [-0.2, 0) is 0 Å². The lowest BCUT2D eigenvalue weighted by Crippen LogP contribution is -2.16. The second-order valence-electron chi connectivity index (χ2n) is 4.54. The molecule has 16 heavy (non-hydrogen) atoms. The maximum atomic E-state index is 11.0. The molecular weight excluding hydrogens is 220 g/mol. The zero-order chi connectivity index (χ0) is 11.8. The molecule has 0 saturated carbocycles. The molecule has 2 aromatic heterocycles. The first kappa shape index (κ1) is 10.6. The predicted molar refractivity (Wildman–Crippen MR) is 64.7 cm³/mol. The molecule has 0 spiro atoms. The lowest BCUT2D eigenvalue weighted by Gasteiger charge is -2.02. The average molecular weight is 232 g/mol. The molecule has 0 aliphatic carbocycles. The van der Waals surface area contributed by atoms with Gasteiger partial charge in [-0.25, -0.2) is 14.8 Å². The van der Waals surface area contributed by atoms with Crippen LogP contribution < -0.4 is 5.69 Å². The van der Waals surface area contributed by atoms with E-state index in [4.69, 9.17) is 0 Å². The maximum absolute atomic E-state index is 11.0. The van der Waals surface area contributed by atoms with Crippen LogP contribution in [-0.4, -0.2) is 28.0 Å². The van der Waals surface area contributed by atoms with Crippen molar-refractivity contribution in [3.8, 4) is 11.5 Å². The Bertz CT molecular complexity index is 638. The van der Waals surface area contributed by atoms with Crippen molar-refractivity contribution >= 4 is 19.2 Å². The molecule has 2 N–H and O–H groups in total. The Kier molecular flexibility index (Phi) is 2.40. The molecule has 0 aliphatic heterocycles. The number of imidazole rings is 1. The first-order valence-electron chi connectivity index (χ1n) is 4.92. The van der Waals surface area contributed by atoms with E-state index >= 15 is 0 Å². The van der Waals surface area contributed by atoms with Crippen LogP contribution in [0.25, 0.3) is 11.2 Å². The SMILES string of the molecule is C[Si](C)(C)C#Cc1ncc2[nH]c(=O)[nH]c2n1. The minimum atomic E-state index is -1.42. The standard InChI is InChI=1S/C10H12N4OSi/c1-16(2,3)5-4-8-11-6-7-9(13-8)14-10(15)12-7/h6H,1-3H3,(H2,11,12,13,14,15). The molecule has 0 unspecified atom stereocenters. The second-order valence-corrected chi connectivity index (χ2v) is 9.29. The fourth-order valence-corrected chi connectivity index (χ4v) is 1.62. The van der Waals surface area contributed by atoms with Gasteiger partial charge in [0.2, 0.25) is 5.82 Å². The van der Waals surface area contributed by atoms with E-state index in [2.05, 4.69) is 51.0 Å². The lowest BCUT2D eigenvalue weighted by molar-refractivity contribution is 1.15. The number of rotatable bonds is 0. The van der Waals surface area contributed by atoms with Gasteiger partial charge >= 0.3 is 5.69 Å². The van der Waals surface area contributed by atoms with Crippen LogP contribution in [0.3, 0.4) is 0 Å². The van der Waals surface area contributed by atoms with Gasteiger partial charge in [0.05, 0.1) is 6.20 Å². The van der Waals surface area contributed by atoms with Crippen molar-refractivity contribution in [2.75, 3.05) is 0 Å². The summed E-state index contributed by atoms with van der Waals surface area (Å²) in [5.41, 5.74) is 3.99. The summed E-state index contributed by atoms with van der Waals surface area (Å²) in [5.74, 6) is 3.39. The number of nitrogens with one attached hydrogen (secondary N) is 2. The summed E-state index contributed by atoms with van der Waals surface area (Å²) in [6.45, 7) is 6.45. The van der Waals surface area contributed by atoms with Gasteiger partial charge in [0.25, 0.3) is 0 Å². The quantitative estimate of drug-likeness (QED) is 0.523. The minimum Gasteiger partial charge on any atom is -0.303 e. The highest BCUT2D eigenvalue weighted by atomic mass is 28.3. The smallest absolute Gasteiger partial charge is 0.303 e. The number of H-pyrrole nitrogens is 2. The molecule has 82 valence electrons. The molecule has 5 nitrogen and oxygen atoms in total. The highest BCUT2D eigenvalue weighted by Gasteiger charge is 2.08. The van der Waals surface area contributed by atoms with Gasteiger partial charge in [-0.2, -0.15) is 0 Å². The molecule has 0 aliphatic rings. The molecule has 0 radical (unpaired) electrons. The van der Waals surface area contributed by atoms with Crippen molar-refractivity contribution in [3.63, 3.8) is 0 Å². The highest BCUT2D eigenvalue weighted by molar-refractivity contribution is 6.83. The predicted octanol–water partition coefficient (Wildman–Crippen LogP) is 0.875. The van der Waals surface area contributed by atoms with Crippen LogP contribution >= 0.6 is 0 Å². The van der Waals surface area contributed by atoms with Crippen LogP contribution in [0.4, 0.5) is 0 Å². The molecule has 0 aromatic carbocycles. The van der Waals surface area contributed by atoms with E-state index in [1.807, 2.05) is 0 Å². The summed E-state index contributed by atoms with van der Waals surface area (Å²) in [6, 6.07) is 0. The van der Waals surface area contributed by atoms with Gasteiger partial charge in [0, 0.05) is 0 Å². The fraction of sp³-hybridized carbons (Fsp3) is 0.300. The lowest BCUT2D eigenvalue weighted by atomic mass is 10.5. The largest absolute Gasteiger partial charge is 0.325 e. The molecule has 2 rings (SSSR count). The molecule has 6 heteroatoms. The van der Waals surface area contributed by atoms with E-state index in [0.717, 1.165) is 0 Å². The summed E-state index contributed by atoms with van der Waals surface area (Å²) >= 11 is 0. The number of hydrogen-bond donors (Lipinski definition) is 2. The summed E-state index contributed by atoms with van der Waals surface area (Å²) in [6.07, 6.45) is 1.56. The van der Waals surface area contributed by atoms with Gasteiger partial charge in [-0.05, 0) is 5.92 Å². The first-order chi connectivity index (χ1) is 7.44. The zero-order valence-corrected chi connectivity index (χ0v) is 10.4. The van der Waals surface area contributed by atoms with E-state index in [0.29, 0.717) is 17.0 Å². The number of hydrogen-bond acceptors (Lipinski definition) is 3. The van der Waals surface area contributed by atoms with E-state index in [9.17, 15) is 4.79 Å². The number of nitrogens with zero attached hydrogens (tertiary/aromatic N) is 2. The molecular formula is C10H12N4OSi. The summed E-state index contributed by atoms with van der Waals surface area (Å²) in [4.78, 5) is 24.4. The molecule has 0 atom stereocenters. The van der Waals surface area contributed by atoms with Crippen LogP contribution in [0.5, 0.6) is 0 Å². The van der Waals surface area contributed by atoms with Crippen molar-refractivity contribution in [2.24, 2.45) is 0 Å². The van der Waals surface area contributed by atoms with Crippen LogP contribution in [0, 0.1) is 11.5 Å². The summed E-state index contributed by atoms with van der Waals surface area (Å²) < 4.78 is 0. The van der Waals surface area contributed by atoms with Crippen LogP contribution in [0.1, 0.15) is 5.82 Å². The fourth-order valence-electron chi connectivity index (χ4n) is 1.13. The average Bonchev–Trinajstić information content (AvgIpc) is 2.52. The Morgan fingerprint density at radius 3 is 2.75 bits per heavy atom. The van der Waals surface area contributed by atoms with Crippen molar-refractivity contribution in [2.45, 2.75) is 19.6 Å². The highest BCUT2D eigenvalue weighted by Crippen LogP contribution is 2.02. The third-order valence-corrected chi connectivity index (χ3v) is 2.69. The molecule has 0 amide bonds. The normalized spacial score (nSPS) is 11.2. The van der Waals surface area contributed by atoms with Crippen molar-refractivity contribution in [1.82, 2.24) is 19.9 Å². The van der Waals surface area contributed by atoms with Gasteiger partial charge in [-0.1, -0.05) is 19.6 Å². The van der Waals surface area contributed by atoms with Gasteiger partial charge in [0.1, 0.15) is 13.6 Å². The van der Waals surface area contributed by atoms with E-state index in [1.165, 1.54) is 0 Å². The summed E-state index contributed by atoms with van der Waals surface area (Å²) in [7, 11) is -1.42. The van der Waals surface area contributed by atoms with E-state index < -0.39 is 8.07 Å². The molecule has 0 bridgehead atoms. The van der Waals surface area contributed by atoms with Crippen LogP contribution in [0.15, 0.2) is 11.0 Å². The summed E-state index contributed by atoms with van der Waals surface area (Å²) in [5, 5.41) is 0. The van der Waals surface area contributed by atoms with Crippen molar-refractivity contribution < 1.29 is 0 Å². The topological polar surface area (TPSA) is 74.4 Å². The van der Waals surface area contributed by atoms with E-state index in [1.54, 1.807) is 6.20 Å². The maximum Gasteiger partial charge on any atom is 0.325 e. The van der Waals surface area contributed by atoms with Gasteiger partial charge in [0.15, 0.2) is 5.65 Å². The zero-order valence-electron chi connectivity index (χ0n) is 9.38. The van der Waals surface area contributed by atoms with Crippen molar-refractivity contribution in [1.29, 1.82) is 0 Å². The Morgan fingerprint density at radius 1 is 1.31 bits per heavy atom. The van der Waals surface area contributed by atoms with Crippen molar-refractivity contribution in [3.05, 3.63) is 22.5 Å². The Balaban J connectivity index is 2.46. The number of fused-ring (bicyclic) bond motifs is 1. The van der Waals surface area contributed by atoms with Crippen LogP contribution in [0.2, 0.25) is 19.6 Å². The van der Waals surface area contributed by atoms with Gasteiger partial charge < -0.3 is 4.98 Å². The second kappa shape index (κ2) is 3.61. The molecule has 0 saturated heterocycles. The first-order valence-corrected chi connectivity index (χ1v) is 8.42. The van der Waals surface area contributed by atoms with Gasteiger partial charge in [-0.3, -0.25) is 4.98 Å². The Hall–Kier alpha value is -1.87. The molecule has 2 heterocycles. The molecule has 2 aromatic rings. The molecule has 0 fully saturated rings. The van der Waals surface area contributed by atoms with Gasteiger partial charge in [-0.15, -0.1) is 5.54 Å². The number of aromatic nitrogens is 4. The van der Waals surface area contributed by atoms with E-state index in [-0.39, 0.29) is 5.69 Å². The minimum absolute atomic E-state index is 0.278. The monoisotopic (exact) mass is 232 g/mol. The third-order valence-electron chi connectivity index (χ3n) is 1.82. The Labute approximate surface area is 93.3 Å². The Morgan fingerprint density at radius 2 is 2.06 bits per heavy atom.